The Morgan fingerprint density at radius 2 is 1.90 bits per heavy atom. The predicted octanol–water partition coefficient (Wildman–Crippen LogP) is 4.17. The number of fused-ring (bicyclic) bond motifs is 1. The molecule has 0 saturated heterocycles. The summed E-state index contributed by atoms with van der Waals surface area (Å²) in [6.45, 7) is 3.57. The SMILES string of the molecule is Cc1c(-c2ccccc2)nn2c1NC(C)CC2C(F)(F)F. The van der Waals surface area contributed by atoms with Gasteiger partial charge in [-0.15, -0.1) is 0 Å². The van der Waals surface area contributed by atoms with E-state index >= 15 is 0 Å². The molecule has 3 nitrogen and oxygen atoms in total. The minimum absolute atomic E-state index is 0.00809. The lowest BCUT2D eigenvalue weighted by molar-refractivity contribution is -0.173. The van der Waals surface area contributed by atoms with Gasteiger partial charge in [-0.3, -0.25) is 0 Å². The van der Waals surface area contributed by atoms with Gasteiger partial charge in [0.25, 0.3) is 0 Å². The average molecular weight is 295 g/mol. The lowest BCUT2D eigenvalue weighted by Gasteiger charge is -2.31. The third kappa shape index (κ3) is 2.39. The fraction of sp³-hybridized carbons (Fsp3) is 0.400. The minimum Gasteiger partial charge on any atom is -0.367 e. The summed E-state index contributed by atoms with van der Waals surface area (Å²) in [5.41, 5.74) is 2.18. The minimum atomic E-state index is -4.29. The van der Waals surface area contributed by atoms with E-state index in [-0.39, 0.29) is 12.5 Å². The molecule has 0 aliphatic carbocycles. The highest BCUT2D eigenvalue weighted by Gasteiger charge is 2.46. The van der Waals surface area contributed by atoms with Crippen LogP contribution in [0.2, 0.25) is 0 Å². The first-order valence-corrected chi connectivity index (χ1v) is 6.85. The van der Waals surface area contributed by atoms with Gasteiger partial charge in [0.2, 0.25) is 0 Å². The van der Waals surface area contributed by atoms with Gasteiger partial charge in [0.1, 0.15) is 5.82 Å². The largest absolute Gasteiger partial charge is 0.410 e. The molecule has 3 rings (SSSR count). The summed E-state index contributed by atoms with van der Waals surface area (Å²) in [6, 6.07) is 7.48. The number of anilines is 1. The number of benzene rings is 1. The molecule has 1 aromatic heterocycles. The van der Waals surface area contributed by atoms with Crippen molar-refractivity contribution >= 4 is 5.82 Å². The Hall–Kier alpha value is -1.98. The van der Waals surface area contributed by atoms with Gasteiger partial charge in [-0.25, -0.2) is 4.68 Å². The van der Waals surface area contributed by atoms with E-state index < -0.39 is 12.2 Å². The monoisotopic (exact) mass is 295 g/mol. The molecule has 2 atom stereocenters. The number of nitrogens with zero attached hydrogens (tertiary/aromatic N) is 2. The van der Waals surface area contributed by atoms with Gasteiger partial charge in [-0.05, 0) is 20.3 Å². The van der Waals surface area contributed by atoms with E-state index in [0.29, 0.717) is 11.5 Å². The second-order valence-corrected chi connectivity index (χ2v) is 5.47. The van der Waals surface area contributed by atoms with Crippen molar-refractivity contribution in [3.05, 3.63) is 35.9 Å². The highest BCUT2D eigenvalue weighted by atomic mass is 19.4. The van der Waals surface area contributed by atoms with Crippen LogP contribution < -0.4 is 5.32 Å². The van der Waals surface area contributed by atoms with Crippen LogP contribution in [0.4, 0.5) is 19.0 Å². The summed E-state index contributed by atoms with van der Waals surface area (Å²) >= 11 is 0. The summed E-state index contributed by atoms with van der Waals surface area (Å²) < 4.78 is 40.8. The molecule has 0 spiro atoms. The molecule has 2 unspecified atom stereocenters. The lowest BCUT2D eigenvalue weighted by Crippen LogP contribution is -2.38. The van der Waals surface area contributed by atoms with E-state index in [4.69, 9.17) is 0 Å². The van der Waals surface area contributed by atoms with Crippen LogP contribution in [0.25, 0.3) is 11.3 Å². The van der Waals surface area contributed by atoms with Crippen LogP contribution in [0.15, 0.2) is 30.3 Å². The number of hydrogen-bond donors (Lipinski definition) is 1. The number of hydrogen-bond acceptors (Lipinski definition) is 2. The number of halogens is 3. The molecular weight excluding hydrogens is 279 g/mol. The second-order valence-electron chi connectivity index (χ2n) is 5.47. The van der Waals surface area contributed by atoms with Gasteiger partial charge in [0.15, 0.2) is 6.04 Å². The summed E-state index contributed by atoms with van der Waals surface area (Å²) in [6.07, 6.45) is -4.30. The molecule has 21 heavy (non-hydrogen) atoms. The van der Waals surface area contributed by atoms with E-state index in [2.05, 4.69) is 10.4 Å². The molecule has 1 aromatic carbocycles. The second kappa shape index (κ2) is 4.79. The van der Waals surface area contributed by atoms with Gasteiger partial charge in [-0.2, -0.15) is 18.3 Å². The van der Waals surface area contributed by atoms with Crippen molar-refractivity contribution in [3.63, 3.8) is 0 Å². The quantitative estimate of drug-likeness (QED) is 0.856. The van der Waals surface area contributed by atoms with Crippen LogP contribution in [0.5, 0.6) is 0 Å². The maximum Gasteiger partial charge on any atom is 0.410 e. The zero-order chi connectivity index (χ0) is 15.2. The van der Waals surface area contributed by atoms with Crippen molar-refractivity contribution in [1.82, 2.24) is 9.78 Å². The summed E-state index contributed by atoms with van der Waals surface area (Å²) in [5.74, 6) is 0.468. The van der Waals surface area contributed by atoms with E-state index in [0.717, 1.165) is 15.8 Å². The van der Waals surface area contributed by atoms with E-state index in [9.17, 15) is 13.2 Å². The fourth-order valence-corrected chi connectivity index (χ4v) is 2.79. The molecule has 2 aromatic rings. The Morgan fingerprint density at radius 1 is 1.24 bits per heavy atom. The molecule has 1 N–H and O–H groups in total. The van der Waals surface area contributed by atoms with Crippen molar-refractivity contribution in [2.75, 3.05) is 5.32 Å². The predicted molar refractivity (Wildman–Crippen MR) is 75.2 cm³/mol. The molecule has 6 heteroatoms. The third-order valence-corrected chi connectivity index (χ3v) is 3.83. The Labute approximate surface area is 120 Å². The maximum atomic E-state index is 13.2. The van der Waals surface area contributed by atoms with E-state index in [1.807, 2.05) is 30.3 Å². The molecular formula is C15H16F3N3. The van der Waals surface area contributed by atoms with E-state index in [1.54, 1.807) is 13.8 Å². The number of nitrogens with one attached hydrogen (secondary N) is 1. The van der Waals surface area contributed by atoms with E-state index in [1.165, 1.54) is 0 Å². The zero-order valence-electron chi connectivity index (χ0n) is 11.8. The Kier molecular flexibility index (Phi) is 3.19. The molecule has 1 aliphatic rings. The molecule has 1 aliphatic heterocycles. The van der Waals surface area contributed by atoms with Crippen LogP contribution in [-0.4, -0.2) is 22.0 Å². The van der Waals surface area contributed by atoms with Crippen molar-refractivity contribution < 1.29 is 13.2 Å². The Bertz CT molecular complexity index is 646. The summed E-state index contributed by atoms with van der Waals surface area (Å²) in [7, 11) is 0. The van der Waals surface area contributed by atoms with Crippen molar-refractivity contribution in [2.45, 2.75) is 38.5 Å². The van der Waals surface area contributed by atoms with Crippen LogP contribution in [-0.2, 0) is 0 Å². The van der Waals surface area contributed by atoms with Gasteiger partial charge in [-0.1, -0.05) is 30.3 Å². The van der Waals surface area contributed by atoms with Crippen LogP contribution in [0.1, 0.15) is 24.9 Å². The lowest BCUT2D eigenvalue weighted by atomic mass is 10.0. The smallest absolute Gasteiger partial charge is 0.367 e. The third-order valence-electron chi connectivity index (χ3n) is 3.83. The molecule has 0 saturated carbocycles. The normalized spacial score (nSPS) is 21.8. The number of rotatable bonds is 1. The van der Waals surface area contributed by atoms with Gasteiger partial charge < -0.3 is 5.32 Å². The van der Waals surface area contributed by atoms with Gasteiger partial charge in [0.05, 0.1) is 5.69 Å². The molecule has 112 valence electrons. The standard InChI is InChI=1S/C15H16F3N3/c1-9-8-12(15(16,17)18)21-14(19-9)10(2)13(20-21)11-6-4-3-5-7-11/h3-7,9,12,19H,8H2,1-2H3. The van der Waals surface area contributed by atoms with Gasteiger partial charge in [0, 0.05) is 17.2 Å². The Balaban J connectivity index is 2.13. The molecule has 0 radical (unpaired) electrons. The van der Waals surface area contributed by atoms with Crippen molar-refractivity contribution in [1.29, 1.82) is 0 Å². The first-order valence-electron chi connectivity index (χ1n) is 6.85. The molecule has 0 fully saturated rings. The number of alkyl halides is 3. The molecule has 2 heterocycles. The first kappa shape index (κ1) is 14.0. The van der Waals surface area contributed by atoms with Crippen molar-refractivity contribution in [2.24, 2.45) is 0 Å². The zero-order valence-corrected chi connectivity index (χ0v) is 11.8. The molecule has 0 bridgehead atoms. The topological polar surface area (TPSA) is 29.9 Å². The van der Waals surface area contributed by atoms with Crippen LogP contribution >= 0.6 is 0 Å². The Morgan fingerprint density at radius 3 is 2.52 bits per heavy atom. The van der Waals surface area contributed by atoms with Crippen molar-refractivity contribution in [3.8, 4) is 11.3 Å². The highest BCUT2D eigenvalue weighted by Crippen LogP contribution is 2.42. The van der Waals surface area contributed by atoms with Gasteiger partial charge >= 0.3 is 6.18 Å². The first-order chi connectivity index (χ1) is 9.88. The average Bonchev–Trinajstić information content (AvgIpc) is 2.75. The summed E-state index contributed by atoms with van der Waals surface area (Å²) in [5, 5.41) is 7.36. The highest BCUT2D eigenvalue weighted by molar-refractivity contribution is 5.69. The van der Waals surface area contributed by atoms with Crippen LogP contribution in [0.3, 0.4) is 0 Å². The van der Waals surface area contributed by atoms with Crippen LogP contribution in [0, 0.1) is 6.92 Å². The fourth-order valence-electron chi connectivity index (χ4n) is 2.79. The molecule has 0 amide bonds. The summed E-state index contributed by atoms with van der Waals surface area (Å²) in [4.78, 5) is 0. The maximum absolute atomic E-state index is 13.2. The number of aromatic nitrogens is 2.